The Balaban J connectivity index is 2.17. The van der Waals surface area contributed by atoms with E-state index in [1.807, 2.05) is 33.8 Å². The maximum absolute atomic E-state index is 11.6. The molecule has 0 radical (unpaired) electrons. The van der Waals surface area contributed by atoms with Gasteiger partial charge in [0.2, 0.25) is 0 Å². The molecule has 1 amide bonds. The van der Waals surface area contributed by atoms with E-state index in [-0.39, 0.29) is 12.1 Å². The molecule has 4 heteroatoms. The molecule has 2 atom stereocenters. The van der Waals surface area contributed by atoms with Gasteiger partial charge in [-0.15, -0.1) is 0 Å². The molecule has 0 aliphatic carbocycles. The molecule has 0 saturated carbocycles. The lowest BCUT2D eigenvalue weighted by atomic mass is 9.98. The van der Waals surface area contributed by atoms with Crippen LogP contribution in [0.25, 0.3) is 0 Å². The van der Waals surface area contributed by atoms with E-state index in [4.69, 9.17) is 4.74 Å². The van der Waals surface area contributed by atoms with Crippen molar-refractivity contribution in [2.24, 2.45) is 0 Å². The van der Waals surface area contributed by atoms with Crippen molar-refractivity contribution in [3.05, 3.63) is 35.9 Å². The summed E-state index contributed by atoms with van der Waals surface area (Å²) in [6.07, 6.45) is 0.711. The maximum Gasteiger partial charge on any atom is 0.407 e. The first kappa shape index (κ1) is 18.5. The number of carbonyl (C=O) groups is 1. The highest BCUT2D eigenvalue weighted by Crippen LogP contribution is 2.17. The fraction of sp³-hybridized carbons (Fsp3) is 0.611. The number of amides is 1. The summed E-state index contributed by atoms with van der Waals surface area (Å²) in [7, 11) is 0. The molecule has 1 aromatic carbocycles. The van der Waals surface area contributed by atoms with Crippen LogP contribution in [-0.4, -0.2) is 30.8 Å². The van der Waals surface area contributed by atoms with Gasteiger partial charge in [-0.3, -0.25) is 0 Å². The number of carbonyl (C=O) groups excluding carboxylic acids is 1. The molecular weight excluding hydrogens is 276 g/mol. The summed E-state index contributed by atoms with van der Waals surface area (Å²) in [6.45, 7) is 11.5. The molecule has 22 heavy (non-hydrogen) atoms. The van der Waals surface area contributed by atoms with E-state index in [0.29, 0.717) is 5.92 Å². The predicted molar refractivity (Wildman–Crippen MR) is 91.2 cm³/mol. The molecule has 1 rings (SSSR count). The van der Waals surface area contributed by atoms with Crippen molar-refractivity contribution in [2.45, 2.75) is 58.6 Å². The minimum Gasteiger partial charge on any atom is -0.444 e. The Hall–Kier alpha value is -1.55. The van der Waals surface area contributed by atoms with Crippen LogP contribution in [0.1, 0.15) is 52.5 Å². The molecule has 0 saturated heterocycles. The molecule has 0 aliphatic heterocycles. The van der Waals surface area contributed by atoms with Crippen LogP contribution in [0.3, 0.4) is 0 Å². The molecule has 2 N–H and O–H groups in total. The number of hydrogen-bond donors (Lipinski definition) is 2. The summed E-state index contributed by atoms with van der Waals surface area (Å²) in [5.74, 6) is 0.530. The molecule has 2 unspecified atom stereocenters. The van der Waals surface area contributed by atoms with Crippen molar-refractivity contribution in [1.29, 1.82) is 0 Å². The Kier molecular flexibility index (Phi) is 7.39. The Morgan fingerprint density at radius 3 is 2.41 bits per heavy atom. The summed E-state index contributed by atoms with van der Waals surface area (Å²) in [4.78, 5) is 11.6. The van der Waals surface area contributed by atoms with Crippen LogP contribution in [0, 0.1) is 0 Å². The average molecular weight is 306 g/mol. The predicted octanol–water partition coefficient (Wildman–Crippen LogP) is 3.68. The van der Waals surface area contributed by atoms with E-state index in [1.165, 1.54) is 5.56 Å². The first-order valence-corrected chi connectivity index (χ1v) is 8.03. The molecule has 0 fully saturated rings. The second-order valence-corrected chi connectivity index (χ2v) is 6.85. The maximum atomic E-state index is 11.6. The minimum absolute atomic E-state index is 0.0434. The second kappa shape index (κ2) is 8.79. The Bertz CT molecular complexity index is 440. The Morgan fingerprint density at radius 2 is 1.82 bits per heavy atom. The van der Waals surface area contributed by atoms with Crippen LogP contribution >= 0.6 is 0 Å². The first-order valence-electron chi connectivity index (χ1n) is 8.03. The topological polar surface area (TPSA) is 50.4 Å². The molecule has 124 valence electrons. The normalized spacial score (nSPS) is 14.2. The lowest BCUT2D eigenvalue weighted by Crippen LogP contribution is -2.42. The van der Waals surface area contributed by atoms with Crippen molar-refractivity contribution in [3.63, 3.8) is 0 Å². The zero-order valence-electron chi connectivity index (χ0n) is 14.5. The molecule has 0 aliphatic rings. The average Bonchev–Trinajstić information content (AvgIpc) is 2.42. The number of benzene rings is 1. The van der Waals surface area contributed by atoms with Crippen LogP contribution in [0.15, 0.2) is 30.3 Å². The van der Waals surface area contributed by atoms with Gasteiger partial charge in [0.25, 0.3) is 0 Å². The zero-order valence-corrected chi connectivity index (χ0v) is 14.5. The van der Waals surface area contributed by atoms with E-state index in [1.54, 1.807) is 0 Å². The van der Waals surface area contributed by atoms with E-state index in [2.05, 4.69) is 41.8 Å². The highest BCUT2D eigenvalue weighted by atomic mass is 16.6. The Labute approximate surface area is 134 Å². The van der Waals surface area contributed by atoms with Crippen molar-refractivity contribution in [3.8, 4) is 0 Å². The third-order valence-corrected chi connectivity index (χ3v) is 3.34. The SMILES string of the molecule is CC(CNCCC(C)c1ccccc1)NC(=O)OC(C)(C)C. The minimum atomic E-state index is -0.456. The summed E-state index contributed by atoms with van der Waals surface area (Å²) >= 11 is 0. The summed E-state index contributed by atoms with van der Waals surface area (Å²) in [5, 5.41) is 6.22. The first-order chi connectivity index (χ1) is 10.3. The number of rotatable bonds is 7. The van der Waals surface area contributed by atoms with E-state index in [0.717, 1.165) is 19.5 Å². The van der Waals surface area contributed by atoms with Gasteiger partial charge in [0.05, 0.1) is 0 Å². The van der Waals surface area contributed by atoms with Crippen molar-refractivity contribution < 1.29 is 9.53 Å². The molecule has 0 heterocycles. The van der Waals surface area contributed by atoms with Gasteiger partial charge in [0.1, 0.15) is 5.60 Å². The van der Waals surface area contributed by atoms with Crippen molar-refractivity contribution >= 4 is 6.09 Å². The second-order valence-electron chi connectivity index (χ2n) is 6.85. The standard InChI is InChI=1S/C18H30N2O2/c1-14(16-9-7-6-8-10-16)11-12-19-13-15(2)20-17(21)22-18(3,4)5/h6-10,14-15,19H,11-13H2,1-5H3,(H,20,21). The van der Waals surface area contributed by atoms with Crippen molar-refractivity contribution in [2.75, 3.05) is 13.1 Å². The third kappa shape index (κ3) is 8.03. The molecular formula is C18H30N2O2. The molecule has 1 aromatic rings. The fourth-order valence-electron chi connectivity index (χ4n) is 2.15. The fourth-order valence-corrected chi connectivity index (χ4v) is 2.15. The number of ether oxygens (including phenoxy) is 1. The van der Waals surface area contributed by atoms with Gasteiger partial charge in [-0.1, -0.05) is 37.3 Å². The summed E-state index contributed by atoms with van der Waals surface area (Å²) < 4.78 is 5.23. The zero-order chi connectivity index (χ0) is 16.6. The van der Waals surface area contributed by atoms with Gasteiger partial charge in [-0.05, 0) is 52.1 Å². The lowest BCUT2D eigenvalue weighted by molar-refractivity contribution is 0.0508. The molecule has 0 spiro atoms. The van der Waals surface area contributed by atoms with Gasteiger partial charge < -0.3 is 15.4 Å². The van der Waals surface area contributed by atoms with Crippen molar-refractivity contribution in [1.82, 2.24) is 10.6 Å². The van der Waals surface area contributed by atoms with E-state index >= 15 is 0 Å². The summed E-state index contributed by atoms with van der Waals surface area (Å²) in [5.41, 5.74) is 0.909. The lowest BCUT2D eigenvalue weighted by Gasteiger charge is -2.22. The van der Waals surface area contributed by atoms with Gasteiger partial charge in [-0.2, -0.15) is 0 Å². The largest absolute Gasteiger partial charge is 0.444 e. The number of nitrogens with one attached hydrogen (secondary N) is 2. The Morgan fingerprint density at radius 1 is 1.18 bits per heavy atom. The molecule has 0 aromatic heterocycles. The van der Waals surface area contributed by atoms with Gasteiger partial charge in [-0.25, -0.2) is 4.79 Å². The highest BCUT2D eigenvalue weighted by Gasteiger charge is 2.17. The monoisotopic (exact) mass is 306 g/mol. The smallest absolute Gasteiger partial charge is 0.407 e. The highest BCUT2D eigenvalue weighted by molar-refractivity contribution is 5.68. The van der Waals surface area contributed by atoms with Gasteiger partial charge in [0.15, 0.2) is 0 Å². The van der Waals surface area contributed by atoms with E-state index in [9.17, 15) is 4.79 Å². The summed E-state index contributed by atoms with van der Waals surface area (Å²) in [6, 6.07) is 10.6. The van der Waals surface area contributed by atoms with Crippen LogP contribution in [0.4, 0.5) is 4.79 Å². The third-order valence-electron chi connectivity index (χ3n) is 3.34. The van der Waals surface area contributed by atoms with Gasteiger partial charge >= 0.3 is 6.09 Å². The number of alkyl carbamates (subject to hydrolysis) is 1. The van der Waals surface area contributed by atoms with Gasteiger partial charge in [0, 0.05) is 12.6 Å². The van der Waals surface area contributed by atoms with Crippen LogP contribution in [-0.2, 0) is 4.74 Å². The van der Waals surface area contributed by atoms with Crippen LogP contribution < -0.4 is 10.6 Å². The molecule has 4 nitrogen and oxygen atoms in total. The molecule has 0 bridgehead atoms. The van der Waals surface area contributed by atoms with Crippen LogP contribution in [0.5, 0.6) is 0 Å². The quantitative estimate of drug-likeness (QED) is 0.756. The van der Waals surface area contributed by atoms with Crippen LogP contribution in [0.2, 0.25) is 0 Å². The van der Waals surface area contributed by atoms with E-state index < -0.39 is 5.60 Å². The number of hydrogen-bond acceptors (Lipinski definition) is 3.